The lowest BCUT2D eigenvalue weighted by atomic mass is 9.85. The number of carbonyl (C=O) groups excluding carboxylic acids is 1. The fourth-order valence-electron chi connectivity index (χ4n) is 3.66. The molecule has 0 spiro atoms. The fraction of sp³-hybridized carbons (Fsp3) is 0.409. The summed E-state index contributed by atoms with van der Waals surface area (Å²) in [5.41, 5.74) is 3.23. The van der Waals surface area contributed by atoms with Crippen LogP contribution in [0.15, 0.2) is 54.6 Å². The van der Waals surface area contributed by atoms with Gasteiger partial charge in [-0.2, -0.15) is 0 Å². The molecule has 4 heteroatoms. The van der Waals surface area contributed by atoms with Gasteiger partial charge in [-0.15, -0.1) is 0 Å². The Bertz CT molecular complexity index is 766. The molecule has 2 aromatic rings. The lowest BCUT2D eigenvalue weighted by Crippen LogP contribution is -2.49. The van der Waals surface area contributed by atoms with Crippen LogP contribution in [0.2, 0.25) is 0 Å². The predicted octanol–water partition coefficient (Wildman–Crippen LogP) is 4.27. The summed E-state index contributed by atoms with van der Waals surface area (Å²) < 4.78 is 11.1. The molecule has 1 fully saturated rings. The summed E-state index contributed by atoms with van der Waals surface area (Å²) in [7, 11) is 3.37. The van der Waals surface area contributed by atoms with Crippen molar-refractivity contribution in [1.82, 2.24) is 4.90 Å². The molecule has 3 rings (SSSR count). The molecule has 1 aliphatic rings. The maximum atomic E-state index is 12.3. The van der Waals surface area contributed by atoms with Gasteiger partial charge in [-0.25, -0.2) is 0 Å². The Morgan fingerprint density at radius 1 is 1.08 bits per heavy atom. The third-order valence-electron chi connectivity index (χ3n) is 4.87. The molecule has 26 heavy (non-hydrogen) atoms. The first kappa shape index (κ1) is 18.6. The number of hydrogen-bond acceptors (Lipinski definition) is 4. The Kier molecular flexibility index (Phi) is 5.17. The second kappa shape index (κ2) is 7.22. The van der Waals surface area contributed by atoms with E-state index in [0.29, 0.717) is 0 Å². The molecule has 0 radical (unpaired) electrons. The van der Waals surface area contributed by atoms with E-state index in [4.69, 9.17) is 9.47 Å². The molecular weight excluding hydrogens is 326 g/mol. The monoisotopic (exact) mass is 353 g/mol. The molecule has 1 aliphatic heterocycles. The molecule has 138 valence electrons. The Morgan fingerprint density at radius 3 is 2.31 bits per heavy atom. The topological polar surface area (TPSA) is 42.1 Å². The predicted molar refractivity (Wildman–Crippen MR) is 103 cm³/mol. The zero-order valence-electron chi connectivity index (χ0n) is 16.1. The molecular formula is C22H27NO3. The zero-order valence-corrected chi connectivity index (χ0v) is 16.1. The molecule has 0 aromatic heterocycles. The molecule has 1 heterocycles. The van der Waals surface area contributed by atoms with Crippen molar-refractivity contribution < 1.29 is 14.3 Å². The lowest BCUT2D eigenvalue weighted by molar-refractivity contribution is -0.151. The van der Waals surface area contributed by atoms with E-state index in [0.717, 1.165) is 5.56 Å². The molecule has 0 amide bonds. The number of epoxide rings is 1. The highest BCUT2D eigenvalue weighted by Gasteiger charge is 2.50. The molecule has 0 N–H and O–H groups in total. The molecule has 0 aliphatic carbocycles. The van der Waals surface area contributed by atoms with E-state index in [9.17, 15) is 4.79 Å². The van der Waals surface area contributed by atoms with Crippen LogP contribution in [0, 0.1) is 5.41 Å². The van der Waals surface area contributed by atoms with E-state index in [1.54, 1.807) is 0 Å². The number of hydrogen-bond donors (Lipinski definition) is 0. The van der Waals surface area contributed by atoms with E-state index in [1.165, 1.54) is 18.2 Å². The maximum Gasteiger partial charge on any atom is 0.323 e. The van der Waals surface area contributed by atoms with Gasteiger partial charge in [0.25, 0.3) is 0 Å². The first-order valence-electron chi connectivity index (χ1n) is 8.94. The van der Waals surface area contributed by atoms with Crippen LogP contribution < -0.4 is 0 Å². The van der Waals surface area contributed by atoms with Crippen LogP contribution in [0.1, 0.15) is 32.4 Å². The van der Waals surface area contributed by atoms with Gasteiger partial charge in [0.05, 0.1) is 7.11 Å². The van der Waals surface area contributed by atoms with Crippen molar-refractivity contribution in [3.8, 4) is 11.1 Å². The standard InChI is InChI=1S/C22H27NO3/c1-22(2,3)19(21(24)25-5)23(4)20-18(26-20)17-14-10-9-13-16(17)15-11-7-6-8-12-15/h6-14,18-20H,1-5H3/t18?,19-,20?/m1/s1. The SMILES string of the molecule is COC(=O)[C@@H](N(C)C1OC1c1ccccc1-c1ccccc1)C(C)(C)C. The minimum Gasteiger partial charge on any atom is -0.468 e. The number of esters is 1. The number of benzene rings is 2. The number of likely N-dealkylation sites (N-methyl/N-ethyl adjacent to an activating group) is 1. The largest absolute Gasteiger partial charge is 0.468 e. The van der Waals surface area contributed by atoms with Crippen molar-refractivity contribution in [2.24, 2.45) is 5.41 Å². The van der Waals surface area contributed by atoms with Crippen LogP contribution >= 0.6 is 0 Å². The summed E-state index contributed by atoms with van der Waals surface area (Å²) in [6.07, 6.45) is -0.186. The normalized spacial score (nSPS) is 20.7. The highest BCUT2D eigenvalue weighted by atomic mass is 16.6. The Hall–Kier alpha value is -2.17. The summed E-state index contributed by atoms with van der Waals surface area (Å²) in [6, 6.07) is 18.2. The van der Waals surface area contributed by atoms with Gasteiger partial charge < -0.3 is 9.47 Å². The Labute approximate surface area is 155 Å². The summed E-state index contributed by atoms with van der Waals surface area (Å²) in [6.45, 7) is 6.13. The third kappa shape index (κ3) is 3.67. The van der Waals surface area contributed by atoms with Crippen molar-refractivity contribution >= 4 is 5.97 Å². The van der Waals surface area contributed by atoms with E-state index in [-0.39, 0.29) is 29.8 Å². The number of methoxy groups -OCH3 is 1. The lowest BCUT2D eigenvalue weighted by Gasteiger charge is -2.34. The van der Waals surface area contributed by atoms with E-state index in [1.807, 2.05) is 63.1 Å². The number of ether oxygens (including phenoxy) is 2. The van der Waals surface area contributed by atoms with Crippen LogP contribution in [-0.2, 0) is 14.3 Å². The van der Waals surface area contributed by atoms with E-state index < -0.39 is 0 Å². The minimum atomic E-state index is -0.369. The summed E-state index contributed by atoms with van der Waals surface area (Å²) in [5, 5.41) is 0. The zero-order chi connectivity index (χ0) is 18.9. The van der Waals surface area contributed by atoms with Gasteiger partial charge in [0, 0.05) is 0 Å². The van der Waals surface area contributed by atoms with Crippen molar-refractivity contribution in [3.63, 3.8) is 0 Å². The van der Waals surface area contributed by atoms with Gasteiger partial charge in [-0.3, -0.25) is 9.69 Å². The van der Waals surface area contributed by atoms with Crippen LogP contribution in [-0.4, -0.2) is 37.3 Å². The summed E-state index contributed by atoms with van der Waals surface area (Å²) in [4.78, 5) is 14.3. The molecule has 2 aromatic carbocycles. The van der Waals surface area contributed by atoms with E-state index in [2.05, 4.69) is 24.3 Å². The fourth-order valence-corrected chi connectivity index (χ4v) is 3.66. The van der Waals surface area contributed by atoms with Crippen LogP contribution in [0.25, 0.3) is 11.1 Å². The Morgan fingerprint density at radius 2 is 1.69 bits per heavy atom. The van der Waals surface area contributed by atoms with Crippen molar-refractivity contribution in [2.75, 3.05) is 14.2 Å². The van der Waals surface area contributed by atoms with E-state index >= 15 is 0 Å². The number of carbonyl (C=O) groups is 1. The molecule has 4 nitrogen and oxygen atoms in total. The number of nitrogens with zero attached hydrogens (tertiary/aromatic N) is 1. The van der Waals surface area contributed by atoms with Gasteiger partial charge in [0.1, 0.15) is 18.4 Å². The van der Waals surface area contributed by atoms with Gasteiger partial charge in [-0.05, 0) is 29.2 Å². The molecule has 0 bridgehead atoms. The summed E-state index contributed by atoms with van der Waals surface area (Å²) in [5.74, 6) is -0.231. The molecule has 2 unspecified atom stereocenters. The highest BCUT2D eigenvalue weighted by molar-refractivity contribution is 5.76. The van der Waals surface area contributed by atoms with Gasteiger partial charge in [0.15, 0.2) is 0 Å². The van der Waals surface area contributed by atoms with Crippen molar-refractivity contribution in [2.45, 2.75) is 39.1 Å². The van der Waals surface area contributed by atoms with Gasteiger partial charge >= 0.3 is 5.97 Å². The van der Waals surface area contributed by atoms with Gasteiger partial charge in [-0.1, -0.05) is 75.4 Å². The summed E-state index contributed by atoms with van der Waals surface area (Å²) >= 11 is 0. The second-order valence-electron chi connectivity index (χ2n) is 7.86. The second-order valence-corrected chi connectivity index (χ2v) is 7.86. The first-order valence-corrected chi connectivity index (χ1v) is 8.94. The number of rotatable bonds is 5. The highest BCUT2D eigenvalue weighted by Crippen LogP contribution is 2.46. The average molecular weight is 353 g/mol. The Balaban J connectivity index is 1.86. The van der Waals surface area contributed by atoms with Crippen LogP contribution in [0.3, 0.4) is 0 Å². The smallest absolute Gasteiger partial charge is 0.323 e. The van der Waals surface area contributed by atoms with Crippen molar-refractivity contribution in [1.29, 1.82) is 0 Å². The third-order valence-corrected chi connectivity index (χ3v) is 4.87. The van der Waals surface area contributed by atoms with Gasteiger partial charge in [0.2, 0.25) is 0 Å². The first-order chi connectivity index (χ1) is 12.3. The molecule has 1 saturated heterocycles. The minimum absolute atomic E-state index is 0.0501. The molecule has 3 atom stereocenters. The van der Waals surface area contributed by atoms with Crippen LogP contribution in [0.5, 0.6) is 0 Å². The van der Waals surface area contributed by atoms with Crippen LogP contribution in [0.4, 0.5) is 0 Å². The average Bonchev–Trinajstić information content (AvgIpc) is 3.42. The quantitative estimate of drug-likeness (QED) is 0.595. The maximum absolute atomic E-state index is 12.3. The molecule has 0 saturated carbocycles. The van der Waals surface area contributed by atoms with Crippen molar-refractivity contribution in [3.05, 3.63) is 60.2 Å².